The van der Waals surface area contributed by atoms with E-state index in [4.69, 9.17) is 5.11 Å². The molecule has 0 rings (SSSR count). The Labute approximate surface area is 88.9 Å². The van der Waals surface area contributed by atoms with Crippen LogP contribution in [0.15, 0.2) is 0 Å². The maximum absolute atomic E-state index is 10.2. The molecule has 3 heteroatoms. The van der Waals surface area contributed by atoms with Gasteiger partial charge in [0.2, 0.25) is 0 Å². The van der Waals surface area contributed by atoms with Crippen LogP contribution >= 0.6 is 0 Å². The summed E-state index contributed by atoms with van der Waals surface area (Å²) in [5.74, 6) is -0.802. The molecule has 88 valence electrons. The minimum absolute atomic E-state index is 0.232. The third-order valence-corrected chi connectivity index (χ3v) is 0.954. The Hall–Kier alpha value is -0.570. The van der Waals surface area contributed by atoms with Crippen LogP contribution in [0.1, 0.15) is 54.9 Å². The minimum atomic E-state index is -0.802. The summed E-state index contributed by atoms with van der Waals surface area (Å²) >= 11 is 0. The van der Waals surface area contributed by atoms with Gasteiger partial charge in [0.1, 0.15) is 6.04 Å². The monoisotopic (exact) mass is 205 g/mol. The maximum Gasteiger partial charge on any atom is 0.320 e. The van der Waals surface area contributed by atoms with Gasteiger partial charge in [-0.3, -0.25) is 4.79 Å². The molecule has 0 aromatic heterocycles. The Morgan fingerprint density at radius 1 is 1.21 bits per heavy atom. The first-order chi connectivity index (χ1) is 6.45. The standard InChI is InChI=1S/C6H13NO2.C3H8.C2H6/c1-4(2)7-5(3)6(8)9;1-3-2;1-2/h4-5,7H,1-3H3,(H,8,9);3H2,1-2H3;1-2H3. The summed E-state index contributed by atoms with van der Waals surface area (Å²) < 4.78 is 0. The first-order valence-electron chi connectivity index (χ1n) is 5.44. The second-order valence-electron chi connectivity index (χ2n) is 3.09. The molecule has 0 aliphatic carbocycles. The lowest BCUT2D eigenvalue weighted by atomic mass is 10.3. The van der Waals surface area contributed by atoms with Crippen molar-refractivity contribution in [2.75, 3.05) is 0 Å². The van der Waals surface area contributed by atoms with Crippen molar-refractivity contribution in [3.05, 3.63) is 0 Å². The fraction of sp³-hybridized carbons (Fsp3) is 0.909. The number of hydrogen-bond acceptors (Lipinski definition) is 2. The van der Waals surface area contributed by atoms with Crippen LogP contribution in [-0.4, -0.2) is 23.2 Å². The number of carbonyl (C=O) groups is 1. The Morgan fingerprint density at radius 2 is 1.50 bits per heavy atom. The van der Waals surface area contributed by atoms with Gasteiger partial charge in [0.05, 0.1) is 0 Å². The average molecular weight is 205 g/mol. The summed E-state index contributed by atoms with van der Waals surface area (Å²) in [6.07, 6.45) is 1.25. The van der Waals surface area contributed by atoms with Crippen LogP contribution in [0.5, 0.6) is 0 Å². The van der Waals surface area contributed by atoms with E-state index in [-0.39, 0.29) is 6.04 Å². The van der Waals surface area contributed by atoms with Gasteiger partial charge < -0.3 is 10.4 Å². The van der Waals surface area contributed by atoms with Crippen molar-refractivity contribution in [1.29, 1.82) is 0 Å². The number of carboxylic acids is 1. The second kappa shape index (κ2) is 14.9. The van der Waals surface area contributed by atoms with E-state index in [1.54, 1.807) is 6.92 Å². The molecule has 0 fully saturated rings. The molecule has 1 atom stereocenters. The highest BCUT2D eigenvalue weighted by Crippen LogP contribution is 1.84. The predicted molar refractivity (Wildman–Crippen MR) is 62.7 cm³/mol. The van der Waals surface area contributed by atoms with Crippen molar-refractivity contribution >= 4 is 5.97 Å². The molecule has 0 spiro atoms. The molecule has 0 aromatic rings. The quantitative estimate of drug-likeness (QED) is 0.745. The molecular weight excluding hydrogens is 178 g/mol. The third kappa shape index (κ3) is 22.5. The van der Waals surface area contributed by atoms with Crippen molar-refractivity contribution in [3.63, 3.8) is 0 Å². The van der Waals surface area contributed by atoms with Crippen LogP contribution in [0.25, 0.3) is 0 Å². The van der Waals surface area contributed by atoms with E-state index in [0.29, 0.717) is 0 Å². The highest BCUT2D eigenvalue weighted by Gasteiger charge is 2.09. The van der Waals surface area contributed by atoms with Crippen LogP contribution in [0.4, 0.5) is 0 Å². The maximum atomic E-state index is 10.2. The van der Waals surface area contributed by atoms with Crippen molar-refractivity contribution in [2.45, 2.75) is 67.0 Å². The molecule has 0 bridgehead atoms. The summed E-state index contributed by atoms with van der Waals surface area (Å²) in [5.41, 5.74) is 0. The van der Waals surface area contributed by atoms with Gasteiger partial charge in [-0.1, -0.05) is 48.0 Å². The molecule has 0 aliphatic rings. The predicted octanol–water partition coefficient (Wildman–Crippen LogP) is 2.90. The molecule has 14 heavy (non-hydrogen) atoms. The van der Waals surface area contributed by atoms with Crippen molar-refractivity contribution in [3.8, 4) is 0 Å². The van der Waals surface area contributed by atoms with Gasteiger partial charge in [-0.05, 0) is 6.92 Å². The summed E-state index contributed by atoms with van der Waals surface area (Å²) in [6.45, 7) is 13.7. The number of carboxylic acid groups (broad SMARTS) is 1. The van der Waals surface area contributed by atoms with E-state index < -0.39 is 12.0 Å². The van der Waals surface area contributed by atoms with Crippen LogP contribution in [0.2, 0.25) is 0 Å². The van der Waals surface area contributed by atoms with Crippen LogP contribution in [-0.2, 0) is 4.79 Å². The van der Waals surface area contributed by atoms with Gasteiger partial charge >= 0.3 is 5.97 Å². The molecule has 2 N–H and O–H groups in total. The van der Waals surface area contributed by atoms with Crippen LogP contribution in [0.3, 0.4) is 0 Å². The van der Waals surface area contributed by atoms with E-state index in [2.05, 4.69) is 19.2 Å². The summed E-state index contributed by atoms with van der Waals surface area (Å²) in [4.78, 5) is 10.2. The molecule has 0 saturated heterocycles. The van der Waals surface area contributed by atoms with E-state index in [1.807, 2.05) is 27.7 Å². The van der Waals surface area contributed by atoms with Crippen LogP contribution < -0.4 is 5.32 Å². The average Bonchev–Trinajstić information content (AvgIpc) is 2.08. The largest absolute Gasteiger partial charge is 0.480 e. The molecule has 3 nitrogen and oxygen atoms in total. The van der Waals surface area contributed by atoms with E-state index in [0.717, 1.165) is 0 Å². The van der Waals surface area contributed by atoms with Gasteiger partial charge in [-0.15, -0.1) is 0 Å². The Morgan fingerprint density at radius 3 is 1.57 bits per heavy atom. The zero-order valence-electron chi connectivity index (χ0n) is 10.7. The van der Waals surface area contributed by atoms with Gasteiger partial charge in [0.15, 0.2) is 0 Å². The number of nitrogens with one attached hydrogen (secondary N) is 1. The fourth-order valence-corrected chi connectivity index (χ4v) is 0.571. The Bertz CT molecular complexity index is 114. The molecule has 0 amide bonds. The highest BCUT2D eigenvalue weighted by molar-refractivity contribution is 5.72. The number of hydrogen-bond donors (Lipinski definition) is 2. The van der Waals surface area contributed by atoms with Crippen LogP contribution in [0, 0.1) is 0 Å². The molecule has 0 radical (unpaired) electrons. The van der Waals surface area contributed by atoms with Gasteiger partial charge in [-0.25, -0.2) is 0 Å². The Balaban J connectivity index is -0.000000205. The Kier molecular flexibility index (Phi) is 20.3. The fourth-order valence-electron chi connectivity index (χ4n) is 0.571. The summed E-state index contributed by atoms with van der Waals surface area (Å²) in [5, 5.41) is 11.2. The molecule has 0 saturated carbocycles. The summed E-state index contributed by atoms with van der Waals surface area (Å²) in [6, 6.07) is -0.207. The van der Waals surface area contributed by atoms with E-state index in [1.165, 1.54) is 6.42 Å². The first kappa shape index (κ1) is 19.1. The molecular formula is C11H27NO2. The zero-order valence-corrected chi connectivity index (χ0v) is 10.7. The highest BCUT2D eigenvalue weighted by atomic mass is 16.4. The number of rotatable bonds is 3. The molecule has 0 aromatic carbocycles. The lowest BCUT2D eigenvalue weighted by Crippen LogP contribution is -2.38. The lowest BCUT2D eigenvalue weighted by molar-refractivity contribution is -0.139. The smallest absolute Gasteiger partial charge is 0.320 e. The minimum Gasteiger partial charge on any atom is -0.480 e. The van der Waals surface area contributed by atoms with Gasteiger partial charge in [0.25, 0.3) is 0 Å². The second-order valence-corrected chi connectivity index (χ2v) is 3.09. The van der Waals surface area contributed by atoms with Crippen molar-refractivity contribution < 1.29 is 9.90 Å². The van der Waals surface area contributed by atoms with Gasteiger partial charge in [-0.2, -0.15) is 0 Å². The first-order valence-corrected chi connectivity index (χ1v) is 5.44. The SMILES string of the molecule is CC.CC(C)NC(C)C(=O)O.CCC. The third-order valence-electron chi connectivity index (χ3n) is 0.954. The van der Waals surface area contributed by atoms with Crippen molar-refractivity contribution in [2.24, 2.45) is 0 Å². The van der Waals surface area contributed by atoms with E-state index >= 15 is 0 Å². The number of aliphatic carboxylic acids is 1. The van der Waals surface area contributed by atoms with Gasteiger partial charge in [0, 0.05) is 6.04 Å². The molecule has 0 heterocycles. The van der Waals surface area contributed by atoms with E-state index in [9.17, 15) is 4.79 Å². The normalized spacial score (nSPS) is 10.6. The topological polar surface area (TPSA) is 49.3 Å². The lowest BCUT2D eigenvalue weighted by Gasteiger charge is -2.11. The van der Waals surface area contributed by atoms with Crippen molar-refractivity contribution in [1.82, 2.24) is 5.32 Å². The summed E-state index contributed by atoms with van der Waals surface area (Å²) in [7, 11) is 0. The molecule has 0 aliphatic heterocycles. The zero-order chi connectivity index (χ0) is 12.1. The molecule has 1 unspecified atom stereocenters.